The Labute approximate surface area is 228 Å². The first-order chi connectivity index (χ1) is 19.1. The van der Waals surface area contributed by atoms with Gasteiger partial charge in [0.15, 0.2) is 5.65 Å². The Morgan fingerprint density at radius 1 is 0.925 bits per heavy atom. The van der Waals surface area contributed by atoms with E-state index in [2.05, 4.69) is 10.2 Å². The molecule has 6 nitrogen and oxygen atoms in total. The zero-order valence-electron chi connectivity index (χ0n) is 21.7. The number of fused-ring (bicyclic) bond motifs is 3. The Kier molecular flexibility index (Phi) is 5.56. The summed E-state index contributed by atoms with van der Waals surface area (Å²) >= 11 is 0. The van der Waals surface area contributed by atoms with Gasteiger partial charge in [-0.3, -0.25) is 4.40 Å². The molecule has 0 saturated heterocycles. The highest BCUT2D eigenvalue weighted by Crippen LogP contribution is 2.57. The average Bonchev–Trinajstić information content (AvgIpc) is 3.71. The Bertz CT molecular complexity index is 1720. The van der Waals surface area contributed by atoms with Gasteiger partial charge in [-0.05, 0) is 60.9 Å². The summed E-state index contributed by atoms with van der Waals surface area (Å²) < 4.78 is 40.7. The van der Waals surface area contributed by atoms with E-state index in [9.17, 15) is 18.3 Å². The molecule has 3 heterocycles. The summed E-state index contributed by atoms with van der Waals surface area (Å²) in [5, 5.41) is 19.0. The minimum atomic E-state index is -4.29. The molecular weight excluding hydrogens is 515 g/mol. The number of aryl methyl sites for hydroxylation is 1. The van der Waals surface area contributed by atoms with Crippen LogP contribution in [0.5, 0.6) is 0 Å². The SMILES string of the molecule is N[C@]1(c2ccc(-c3nc4ccc5nnc(CCC(F)(F)F)n5c4cc3-c3ccccc3)cc2)C[C@](O)(C2CC2)C1. The molecule has 0 radical (unpaired) electrons. The van der Waals surface area contributed by atoms with Gasteiger partial charge in [0.1, 0.15) is 5.82 Å². The molecule has 0 amide bonds. The highest BCUT2D eigenvalue weighted by molar-refractivity contribution is 5.91. The van der Waals surface area contributed by atoms with E-state index in [1.54, 1.807) is 10.5 Å². The van der Waals surface area contributed by atoms with E-state index in [1.165, 1.54) is 0 Å². The number of nitrogens with zero attached hydrogens (tertiary/aromatic N) is 4. The van der Waals surface area contributed by atoms with Crippen molar-refractivity contribution in [3.8, 4) is 22.4 Å². The average molecular weight is 544 g/mol. The lowest BCUT2D eigenvalue weighted by Gasteiger charge is -2.52. The van der Waals surface area contributed by atoms with Crippen LogP contribution in [0.15, 0.2) is 72.8 Å². The first-order valence-electron chi connectivity index (χ1n) is 13.5. The van der Waals surface area contributed by atoms with Crippen LogP contribution in [0.4, 0.5) is 13.2 Å². The molecule has 2 aliphatic rings. The maximum Gasteiger partial charge on any atom is 0.389 e. The van der Waals surface area contributed by atoms with E-state index < -0.39 is 23.7 Å². The van der Waals surface area contributed by atoms with Gasteiger partial charge in [-0.15, -0.1) is 10.2 Å². The normalized spacial score (nSPS) is 23.0. The van der Waals surface area contributed by atoms with Crippen LogP contribution in [0.25, 0.3) is 39.1 Å². The fourth-order valence-electron chi connectivity index (χ4n) is 6.26. The van der Waals surface area contributed by atoms with Crippen LogP contribution in [0.1, 0.15) is 43.5 Å². The van der Waals surface area contributed by atoms with Crippen LogP contribution in [-0.2, 0) is 12.0 Å². The lowest BCUT2D eigenvalue weighted by atomic mass is 9.60. The molecule has 9 heteroatoms. The van der Waals surface area contributed by atoms with Crippen molar-refractivity contribution in [2.24, 2.45) is 11.7 Å². The molecule has 0 atom stereocenters. The number of benzene rings is 2. The van der Waals surface area contributed by atoms with Gasteiger partial charge in [-0.2, -0.15) is 13.2 Å². The molecule has 0 unspecified atom stereocenters. The van der Waals surface area contributed by atoms with Crippen LogP contribution < -0.4 is 5.73 Å². The van der Waals surface area contributed by atoms with Gasteiger partial charge < -0.3 is 10.8 Å². The molecule has 40 heavy (non-hydrogen) atoms. The van der Waals surface area contributed by atoms with E-state index in [4.69, 9.17) is 10.7 Å². The third-order valence-corrected chi connectivity index (χ3v) is 8.45. The number of aliphatic hydroxyl groups is 1. The third kappa shape index (κ3) is 4.33. The van der Waals surface area contributed by atoms with Crippen LogP contribution in [0, 0.1) is 5.92 Å². The largest absolute Gasteiger partial charge is 0.389 e. The predicted octanol–water partition coefficient (Wildman–Crippen LogP) is 6.20. The van der Waals surface area contributed by atoms with Gasteiger partial charge >= 0.3 is 6.18 Å². The molecule has 0 bridgehead atoms. The summed E-state index contributed by atoms with van der Waals surface area (Å²) in [6.45, 7) is 0. The van der Waals surface area contributed by atoms with E-state index >= 15 is 0 Å². The molecule has 3 aromatic heterocycles. The van der Waals surface area contributed by atoms with Crippen LogP contribution in [0.3, 0.4) is 0 Å². The molecule has 2 aliphatic carbocycles. The van der Waals surface area contributed by atoms with Gasteiger partial charge in [-0.1, -0.05) is 54.6 Å². The van der Waals surface area contributed by atoms with Crippen molar-refractivity contribution in [2.45, 2.75) is 55.8 Å². The van der Waals surface area contributed by atoms with Crippen LogP contribution in [-0.4, -0.2) is 36.5 Å². The smallest absolute Gasteiger partial charge is 0.389 e. The fourth-order valence-corrected chi connectivity index (χ4v) is 6.26. The van der Waals surface area contributed by atoms with Crippen LogP contribution >= 0.6 is 0 Å². The second kappa shape index (κ2) is 8.84. The first-order valence-corrected chi connectivity index (χ1v) is 13.5. The lowest BCUT2D eigenvalue weighted by Crippen LogP contribution is -2.60. The monoisotopic (exact) mass is 543 g/mol. The molecule has 2 saturated carbocycles. The number of hydrogen-bond acceptors (Lipinski definition) is 5. The topological polar surface area (TPSA) is 89.3 Å². The van der Waals surface area contributed by atoms with E-state index in [0.29, 0.717) is 35.4 Å². The molecule has 2 fully saturated rings. The van der Waals surface area contributed by atoms with Gasteiger partial charge in [0.2, 0.25) is 0 Å². The molecule has 7 rings (SSSR count). The number of rotatable bonds is 6. The summed E-state index contributed by atoms with van der Waals surface area (Å²) in [4.78, 5) is 5.01. The first kappa shape index (κ1) is 25.2. The third-order valence-electron chi connectivity index (χ3n) is 8.45. The molecule has 0 aliphatic heterocycles. The molecule has 3 N–H and O–H groups in total. The van der Waals surface area contributed by atoms with Crippen LogP contribution in [0.2, 0.25) is 0 Å². The van der Waals surface area contributed by atoms with Gasteiger partial charge in [0.05, 0.1) is 28.7 Å². The fraction of sp³-hybridized carbons (Fsp3) is 0.323. The van der Waals surface area contributed by atoms with Gasteiger partial charge in [0.25, 0.3) is 0 Å². The number of nitrogens with two attached hydrogens (primary N) is 1. The highest BCUT2D eigenvalue weighted by Gasteiger charge is 2.58. The van der Waals surface area contributed by atoms with E-state index in [1.807, 2.05) is 66.7 Å². The number of pyridine rings is 2. The number of halogens is 3. The van der Waals surface area contributed by atoms with Crippen molar-refractivity contribution in [1.29, 1.82) is 0 Å². The molecule has 204 valence electrons. The van der Waals surface area contributed by atoms with E-state index in [0.717, 1.165) is 40.8 Å². The number of aromatic nitrogens is 4. The zero-order valence-corrected chi connectivity index (χ0v) is 21.7. The van der Waals surface area contributed by atoms with Crippen molar-refractivity contribution < 1.29 is 18.3 Å². The summed E-state index contributed by atoms with van der Waals surface area (Å²) in [5.74, 6) is 0.626. The summed E-state index contributed by atoms with van der Waals surface area (Å²) in [7, 11) is 0. The minimum absolute atomic E-state index is 0.246. The van der Waals surface area contributed by atoms with Crippen molar-refractivity contribution in [3.05, 3.63) is 84.2 Å². The summed E-state index contributed by atoms with van der Waals surface area (Å²) in [6, 6.07) is 23.3. The maximum atomic E-state index is 13.0. The quantitative estimate of drug-likeness (QED) is 0.266. The maximum absolute atomic E-state index is 13.0. The minimum Gasteiger partial charge on any atom is -0.389 e. The number of alkyl halides is 3. The Hall–Kier alpha value is -3.82. The Morgan fingerprint density at radius 3 is 2.33 bits per heavy atom. The van der Waals surface area contributed by atoms with Gasteiger partial charge in [-0.25, -0.2) is 4.98 Å². The Morgan fingerprint density at radius 2 is 1.65 bits per heavy atom. The second-order valence-corrected chi connectivity index (χ2v) is 11.4. The molecular formula is C31H28F3N5O. The predicted molar refractivity (Wildman–Crippen MR) is 146 cm³/mol. The molecule has 0 spiro atoms. The summed E-state index contributed by atoms with van der Waals surface area (Å²) in [6.07, 6.45) is -2.25. The van der Waals surface area contributed by atoms with Crippen molar-refractivity contribution in [2.75, 3.05) is 0 Å². The zero-order chi connectivity index (χ0) is 27.7. The molecule has 2 aromatic carbocycles. The molecule has 5 aromatic rings. The van der Waals surface area contributed by atoms with Crippen molar-refractivity contribution in [1.82, 2.24) is 19.6 Å². The second-order valence-electron chi connectivity index (χ2n) is 11.4. The highest BCUT2D eigenvalue weighted by atomic mass is 19.4. The van der Waals surface area contributed by atoms with Crippen molar-refractivity contribution >= 4 is 16.7 Å². The van der Waals surface area contributed by atoms with Gasteiger partial charge in [0, 0.05) is 23.1 Å². The van der Waals surface area contributed by atoms with E-state index in [-0.39, 0.29) is 12.2 Å². The number of hydrogen-bond donors (Lipinski definition) is 2. The van der Waals surface area contributed by atoms with Crippen molar-refractivity contribution in [3.63, 3.8) is 0 Å². The Balaban J connectivity index is 1.32. The summed E-state index contributed by atoms with van der Waals surface area (Å²) in [5.41, 5.74) is 11.7. The lowest BCUT2D eigenvalue weighted by molar-refractivity contribution is -0.134. The standard InChI is InChI=1S/C31H28F3N5O/c32-31(33,34)15-14-27-38-37-26-13-12-24-25(39(26)27)16-23(19-4-2-1-3-5-19)28(36-24)20-6-8-21(9-7-20)29(35)17-30(40,18-29)22-10-11-22/h1-9,12-13,16,22,40H,10-11,14-15,17-18,35H2/t29-,30-.